The minimum atomic E-state index is -3.49. The highest BCUT2D eigenvalue weighted by Gasteiger charge is 2.70. The number of carboxylic acids is 1. The lowest BCUT2D eigenvalue weighted by molar-refractivity contribution is -0.223. The molecule has 0 aromatic heterocycles. The summed E-state index contributed by atoms with van der Waals surface area (Å²) in [6, 6.07) is 0. The predicted molar refractivity (Wildman–Crippen MR) is 216 cm³/mol. The normalized spacial score (nSPS) is 46.8. The van der Waals surface area contributed by atoms with Gasteiger partial charge in [-0.15, -0.1) is 0 Å². The van der Waals surface area contributed by atoms with Gasteiger partial charge in [-0.2, -0.15) is 8.42 Å². The lowest BCUT2D eigenvalue weighted by Gasteiger charge is -2.72. The van der Waals surface area contributed by atoms with Crippen LogP contribution in [0.2, 0.25) is 0 Å². The Morgan fingerprint density at radius 2 is 1.60 bits per heavy atom. The van der Waals surface area contributed by atoms with Crippen molar-refractivity contribution in [1.29, 1.82) is 0 Å². The number of halogens is 1. The molecular weight excluding hydrogens is 714 g/mol. The van der Waals surface area contributed by atoms with Gasteiger partial charge in [0.2, 0.25) is 0 Å². The Kier molecular flexibility index (Phi) is 10.8. The largest absolute Gasteiger partial charge is 0.481 e. The van der Waals surface area contributed by atoms with Gasteiger partial charge in [0.15, 0.2) is 0 Å². The summed E-state index contributed by atoms with van der Waals surface area (Å²) in [5.74, 6) is 2.79. The summed E-state index contributed by atoms with van der Waals surface area (Å²) in [6.07, 6.45) is 20.7. The Balaban J connectivity index is 1.10. The first kappa shape index (κ1) is 41.9. The van der Waals surface area contributed by atoms with Gasteiger partial charge in [0.1, 0.15) is 6.67 Å². The first-order chi connectivity index (χ1) is 25.6. The van der Waals surface area contributed by atoms with Crippen LogP contribution in [0.15, 0.2) is 23.3 Å². The minimum Gasteiger partial charge on any atom is -0.481 e. The number of fused-ring (bicyclic) bond motifs is 7. The highest BCUT2D eigenvalue weighted by molar-refractivity contribution is 7.86. The molecule has 0 heterocycles. The molecule has 7 aliphatic carbocycles. The number of aliphatic hydroxyl groups is 1. The van der Waals surface area contributed by atoms with Crippen LogP contribution in [-0.2, 0) is 19.1 Å². The molecule has 9 heteroatoms. The third-order valence-electron chi connectivity index (χ3n) is 18.8. The molecule has 0 amide bonds. The molecule has 55 heavy (non-hydrogen) atoms. The van der Waals surface area contributed by atoms with E-state index in [0.717, 1.165) is 19.2 Å². The maximum Gasteiger partial charge on any atom is 0.312 e. The maximum absolute atomic E-state index is 14.0. The number of aliphatic carboxylic acids is 1. The lowest BCUT2D eigenvalue weighted by atomic mass is 9.32. The van der Waals surface area contributed by atoms with Crippen molar-refractivity contribution in [2.24, 2.45) is 62.6 Å². The molecule has 0 radical (unpaired) electrons. The summed E-state index contributed by atoms with van der Waals surface area (Å²) < 4.78 is 42.7. The van der Waals surface area contributed by atoms with E-state index in [9.17, 15) is 27.8 Å². The number of rotatable bonds is 10. The third kappa shape index (κ3) is 6.75. The molecule has 0 aromatic carbocycles. The first-order valence-electron chi connectivity index (χ1n) is 22.1. The van der Waals surface area contributed by atoms with E-state index in [1.807, 2.05) is 0 Å². The molecule has 7 nitrogen and oxygen atoms in total. The summed E-state index contributed by atoms with van der Waals surface area (Å²) >= 11 is 0. The number of allylic oxidation sites excluding steroid dienone is 4. The van der Waals surface area contributed by atoms with E-state index < -0.39 is 33.8 Å². The van der Waals surface area contributed by atoms with Gasteiger partial charge in [-0.3, -0.25) is 8.98 Å². The zero-order valence-electron chi connectivity index (χ0n) is 35.4. The molecular formula is C46H74FNO6S. The van der Waals surface area contributed by atoms with Crippen molar-refractivity contribution in [3.05, 3.63) is 23.3 Å². The standard InChI is InChI=1S/C46H74FNO6S/c1-30(2)33-15-24-46(48-28-27-45(51)22-13-32(14-23-45)54-55(8,52)53)26-25-42(6)35(38(33)46)9-10-37-41(5)18-16-34(40(3,4)36(41)17-19-43(37,42)7)31-11-20-44(29-47,21-12-31)39(49)50/h11,16,30,32-33,35-38,48,51H,9-10,12-15,17-29H2,1-8H3,(H,49,50)/t32?,33-,35+,36-,37+,38+,41-,42+,43+,44-,45?,46-/m0/s1. The van der Waals surface area contributed by atoms with E-state index in [-0.39, 0.29) is 39.7 Å². The van der Waals surface area contributed by atoms with Crippen LogP contribution in [0.1, 0.15) is 158 Å². The second-order valence-corrected chi connectivity index (χ2v) is 23.5. The fourth-order valence-electron chi connectivity index (χ4n) is 15.6. The first-order valence-corrected chi connectivity index (χ1v) is 24.0. The fourth-order valence-corrected chi connectivity index (χ4v) is 16.3. The van der Waals surface area contributed by atoms with E-state index in [1.165, 1.54) is 62.5 Å². The summed E-state index contributed by atoms with van der Waals surface area (Å²) in [5.41, 5.74) is 1.38. The Bertz CT molecular complexity index is 1660. The predicted octanol–water partition coefficient (Wildman–Crippen LogP) is 9.79. The van der Waals surface area contributed by atoms with Gasteiger partial charge < -0.3 is 15.5 Å². The summed E-state index contributed by atoms with van der Waals surface area (Å²) in [7, 11) is -3.49. The number of hydrogen-bond donors (Lipinski definition) is 3. The molecule has 0 aromatic rings. The molecule has 7 aliphatic rings. The number of nitrogens with one attached hydrogen (secondary N) is 1. The van der Waals surface area contributed by atoms with Crippen LogP contribution in [0, 0.1) is 62.6 Å². The van der Waals surface area contributed by atoms with Crippen molar-refractivity contribution >= 4 is 16.1 Å². The molecule has 5 fully saturated rings. The molecule has 312 valence electrons. The van der Waals surface area contributed by atoms with Crippen molar-refractivity contribution < 1.29 is 32.0 Å². The minimum absolute atomic E-state index is 0.0271. The van der Waals surface area contributed by atoms with Crippen LogP contribution in [0.4, 0.5) is 4.39 Å². The van der Waals surface area contributed by atoms with Crippen LogP contribution in [-0.4, -0.2) is 61.3 Å². The molecule has 0 aliphatic heterocycles. The van der Waals surface area contributed by atoms with Crippen molar-refractivity contribution in [3.63, 3.8) is 0 Å². The van der Waals surface area contributed by atoms with E-state index in [4.69, 9.17) is 4.18 Å². The summed E-state index contributed by atoms with van der Waals surface area (Å²) in [6.45, 7) is 17.8. The monoisotopic (exact) mass is 788 g/mol. The van der Waals surface area contributed by atoms with Crippen molar-refractivity contribution in [1.82, 2.24) is 5.32 Å². The van der Waals surface area contributed by atoms with Gasteiger partial charge >= 0.3 is 5.97 Å². The average Bonchev–Trinajstić information content (AvgIpc) is 3.49. The van der Waals surface area contributed by atoms with Crippen molar-refractivity contribution in [3.8, 4) is 0 Å². The van der Waals surface area contributed by atoms with E-state index in [2.05, 4.69) is 65.9 Å². The SMILES string of the molecule is CC(C)[C@@H]1CC[C@]2(NCCC3(O)CCC(OS(C)(=O)=O)CC3)CC[C@]3(C)[C@H](CC[C@@H]4[C@@]5(C)CC=C(C6=CC[C@](CF)(C(=O)O)CC6)C(C)(C)[C@@H]5CC[C@]43C)[C@@H]12. The van der Waals surface area contributed by atoms with Gasteiger partial charge in [-0.05, 0) is 184 Å². The third-order valence-corrected chi connectivity index (χ3v) is 19.4. The van der Waals surface area contributed by atoms with Crippen molar-refractivity contribution in [2.75, 3.05) is 19.5 Å². The summed E-state index contributed by atoms with van der Waals surface area (Å²) in [5, 5.41) is 25.6. The molecule has 5 saturated carbocycles. The molecule has 0 spiro atoms. The Labute approximate surface area is 332 Å². The van der Waals surface area contributed by atoms with Gasteiger partial charge in [-0.1, -0.05) is 60.6 Å². The fraction of sp³-hybridized carbons (Fsp3) is 0.891. The number of carbonyl (C=O) groups is 1. The Hall–Kier alpha value is -1.29. The van der Waals surface area contributed by atoms with Crippen molar-refractivity contribution in [2.45, 2.75) is 175 Å². The van der Waals surface area contributed by atoms with Crippen LogP contribution in [0.25, 0.3) is 0 Å². The average molecular weight is 788 g/mol. The second-order valence-electron chi connectivity index (χ2n) is 21.9. The molecule has 0 saturated heterocycles. The van der Waals surface area contributed by atoms with Crippen LogP contribution in [0.5, 0.6) is 0 Å². The molecule has 10 atom stereocenters. The van der Waals surface area contributed by atoms with E-state index >= 15 is 0 Å². The van der Waals surface area contributed by atoms with Gasteiger partial charge in [-0.25, -0.2) is 4.39 Å². The zero-order valence-corrected chi connectivity index (χ0v) is 36.3. The maximum atomic E-state index is 14.0. The smallest absolute Gasteiger partial charge is 0.312 e. The lowest BCUT2D eigenvalue weighted by Crippen LogP contribution is -2.68. The zero-order chi connectivity index (χ0) is 40.0. The number of alkyl halides is 1. The van der Waals surface area contributed by atoms with Crippen LogP contribution >= 0.6 is 0 Å². The molecule has 0 unspecified atom stereocenters. The molecule has 3 N–H and O–H groups in total. The Morgan fingerprint density at radius 1 is 0.891 bits per heavy atom. The van der Waals surface area contributed by atoms with E-state index in [1.54, 1.807) is 0 Å². The van der Waals surface area contributed by atoms with Gasteiger partial charge in [0.25, 0.3) is 10.1 Å². The second kappa shape index (κ2) is 14.2. The van der Waals surface area contributed by atoms with Crippen LogP contribution < -0.4 is 5.32 Å². The topological polar surface area (TPSA) is 113 Å². The number of hydrogen-bond acceptors (Lipinski definition) is 6. The molecule has 0 bridgehead atoms. The molecule has 7 rings (SSSR count). The van der Waals surface area contributed by atoms with Gasteiger partial charge in [0.05, 0.1) is 23.4 Å². The van der Waals surface area contributed by atoms with E-state index in [0.29, 0.717) is 80.5 Å². The summed E-state index contributed by atoms with van der Waals surface area (Å²) in [4.78, 5) is 12.0. The van der Waals surface area contributed by atoms with Gasteiger partial charge in [0, 0.05) is 5.54 Å². The Morgan fingerprint density at radius 3 is 2.20 bits per heavy atom. The van der Waals surface area contributed by atoms with Crippen LogP contribution in [0.3, 0.4) is 0 Å². The number of carboxylic acid groups (broad SMARTS) is 1. The quantitative estimate of drug-likeness (QED) is 0.189. The highest BCUT2D eigenvalue weighted by atomic mass is 32.2. The highest BCUT2D eigenvalue weighted by Crippen LogP contribution is 2.76.